The molecule has 2 unspecified atom stereocenters. The normalized spacial score (nSPS) is 22.8. The molecule has 1 aromatic rings. The van der Waals surface area contributed by atoms with E-state index in [2.05, 4.69) is 29.3 Å². The molecular weight excluding hydrogens is 271 g/mol. The minimum Gasteiger partial charge on any atom is -0.497 e. The van der Waals surface area contributed by atoms with Crippen LogP contribution in [0.25, 0.3) is 0 Å². The molecule has 0 radical (unpaired) electrons. The lowest BCUT2D eigenvalue weighted by atomic mass is 9.97. The Balaban J connectivity index is 2.29. The van der Waals surface area contributed by atoms with Crippen molar-refractivity contribution in [2.75, 3.05) is 40.8 Å². The first kappa shape index (κ1) is 16.2. The number of nitrogens with zero attached hydrogens (tertiary/aromatic N) is 2. The van der Waals surface area contributed by atoms with Crippen molar-refractivity contribution in [2.24, 2.45) is 5.84 Å². The summed E-state index contributed by atoms with van der Waals surface area (Å²) in [6, 6.07) is 4.77. The molecule has 0 amide bonds. The fourth-order valence-corrected chi connectivity index (χ4v) is 2.96. The summed E-state index contributed by atoms with van der Waals surface area (Å²) in [6.07, 6.45) is 1.10. The zero-order chi connectivity index (χ0) is 15.4. The van der Waals surface area contributed by atoms with E-state index in [-0.39, 0.29) is 17.9 Å². The molecule has 1 aliphatic heterocycles. The Kier molecular flexibility index (Phi) is 5.52. The van der Waals surface area contributed by atoms with Gasteiger partial charge in [0.25, 0.3) is 0 Å². The van der Waals surface area contributed by atoms with Crippen LogP contribution in [0.4, 0.5) is 4.39 Å². The van der Waals surface area contributed by atoms with Crippen LogP contribution in [-0.2, 0) is 0 Å². The second-order valence-corrected chi connectivity index (χ2v) is 5.70. The Morgan fingerprint density at radius 3 is 2.76 bits per heavy atom. The zero-order valence-corrected chi connectivity index (χ0v) is 13.0. The summed E-state index contributed by atoms with van der Waals surface area (Å²) in [7, 11) is 5.68. The Hall–Kier alpha value is -1.21. The summed E-state index contributed by atoms with van der Waals surface area (Å²) < 4.78 is 19.4. The van der Waals surface area contributed by atoms with Crippen LogP contribution >= 0.6 is 0 Å². The predicted octanol–water partition coefficient (Wildman–Crippen LogP) is 0.975. The maximum Gasteiger partial charge on any atom is 0.131 e. The first-order chi connectivity index (χ1) is 10.1. The predicted molar refractivity (Wildman–Crippen MR) is 81.5 cm³/mol. The van der Waals surface area contributed by atoms with E-state index in [0.717, 1.165) is 26.1 Å². The van der Waals surface area contributed by atoms with Gasteiger partial charge < -0.3 is 14.5 Å². The van der Waals surface area contributed by atoms with Crippen molar-refractivity contribution >= 4 is 0 Å². The second-order valence-electron chi connectivity index (χ2n) is 5.70. The lowest BCUT2D eigenvalue weighted by Gasteiger charge is -2.34. The van der Waals surface area contributed by atoms with E-state index in [1.54, 1.807) is 12.1 Å². The monoisotopic (exact) mass is 296 g/mol. The highest BCUT2D eigenvalue weighted by molar-refractivity contribution is 5.31. The van der Waals surface area contributed by atoms with E-state index in [1.807, 2.05) is 0 Å². The molecule has 118 valence electrons. The molecular formula is C15H25FN4O. The molecule has 6 heteroatoms. The maximum absolute atomic E-state index is 14.3. The SMILES string of the molecule is COc1ccc(C(NN)C2CN(C)CCCN2C)c(F)c1. The Morgan fingerprint density at radius 1 is 1.38 bits per heavy atom. The molecule has 0 bridgehead atoms. The number of nitrogens with two attached hydrogens (primary N) is 1. The number of rotatable bonds is 4. The molecule has 2 rings (SSSR count). The summed E-state index contributed by atoms with van der Waals surface area (Å²) in [5, 5.41) is 0. The van der Waals surface area contributed by atoms with E-state index < -0.39 is 0 Å². The van der Waals surface area contributed by atoms with Crippen LogP contribution in [0.5, 0.6) is 5.75 Å². The number of halogens is 1. The fourth-order valence-electron chi connectivity index (χ4n) is 2.96. The lowest BCUT2D eigenvalue weighted by molar-refractivity contribution is 0.176. The Labute approximate surface area is 125 Å². The van der Waals surface area contributed by atoms with Crippen LogP contribution in [0.15, 0.2) is 18.2 Å². The number of hydrogen-bond donors (Lipinski definition) is 2. The van der Waals surface area contributed by atoms with Gasteiger partial charge in [0.15, 0.2) is 0 Å². The standard InChI is InChI=1S/C15H25FN4O/c1-19-7-4-8-20(2)14(10-19)15(18-17)12-6-5-11(21-3)9-13(12)16/h5-6,9,14-15,18H,4,7-8,10,17H2,1-3H3. The smallest absolute Gasteiger partial charge is 0.131 e. The average Bonchev–Trinajstić information content (AvgIpc) is 2.63. The molecule has 1 aliphatic rings. The third-order valence-electron chi connectivity index (χ3n) is 4.22. The number of hydrogen-bond acceptors (Lipinski definition) is 5. The number of hydrazine groups is 1. The zero-order valence-electron chi connectivity index (χ0n) is 13.0. The van der Waals surface area contributed by atoms with E-state index in [4.69, 9.17) is 10.6 Å². The van der Waals surface area contributed by atoms with Crippen molar-refractivity contribution < 1.29 is 9.13 Å². The molecule has 3 N–H and O–H groups in total. The summed E-state index contributed by atoms with van der Waals surface area (Å²) >= 11 is 0. The van der Waals surface area contributed by atoms with Crippen molar-refractivity contribution in [1.82, 2.24) is 15.2 Å². The Bertz CT molecular complexity index is 471. The van der Waals surface area contributed by atoms with E-state index in [1.165, 1.54) is 13.2 Å². The molecule has 2 atom stereocenters. The fraction of sp³-hybridized carbons (Fsp3) is 0.600. The average molecular weight is 296 g/mol. The first-order valence-electron chi connectivity index (χ1n) is 7.25. The van der Waals surface area contributed by atoms with Crippen LogP contribution in [0.3, 0.4) is 0 Å². The number of benzene rings is 1. The van der Waals surface area contributed by atoms with E-state index >= 15 is 0 Å². The van der Waals surface area contributed by atoms with Crippen molar-refractivity contribution in [2.45, 2.75) is 18.5 Å². The quantitative estimate of drug-likeness (QED) is 0.641. The molecule has 5 nitrogen and oxygen atoms in total. The van der Waals surface area contributed by atoms with Gasteiger partial charge in [-0.3, -0.25) is 11.3 Å². The van der Waals surface area contributed by atoms with Crippen LogP contribution in [-0.4, -0.2) is 56.7 Å². The summed E-state index contributed by atoms with van der Waals surface area (Å²) in [5.74, 6) is 5.96. The van der Waals surface area contributed by atoms with Crippen molar-refractivity contribution in [3.8, 4) is 5.75 Å². The van der Waals surface area contributed by atoms with Gasteiger partial charge >= 0.3 is 0 Å². The van der Waals surface area contributed by atoms with Gasteiger partial charge in [-0.05, 0) is 39.7 Å². The number of nitrogens with one attached hydrogen (secondary N) is 1. The molecule has 0 spiro atoms. The highest BCUT2D eigenvalue weighted by Crippen LogP contribution is 2.27. The molecule has 21 heavy (non-hydrogen) atoms. The minimum atomic E-state index is -0.294. The summed E-state index contributed by atoms with van der Waals surface area (Å²) in [6.45, 7) is 2.87. The first-order valence-corrected chi connectivity index (χ1v) is 7.25. The lowest BCUT2D eigenvalue weighted by Crippen LogP contribution is -2.49. The Morgan fingerprint density at radius 2 is 2.14 bits per heavy atom. The largest absolute Gasteiger partial charge is 0.497 e. The van der Waals surface area contributed by atoms with Crippen LogP contribution < -0.4 is 16.0 Å². The van der Waals surface area contributed by atoms with Crippen LogP contribution in [0.2, 0.25) is 0 Å². The summed E-state index contributed by atoms with van der Waals surface area (Å²) in [4.78, 5) is 4.51. The van der Waals surface area contributed by atoms with E-state index in [9.17, 15) is 4.39 Å². The summed E-state index contributed by atoms with van der Waals surface area (Å²) in [5.41, 5.74) is 3.37. The highest BCUT2D eigenvalue weighted by atomic mass is 19.1. The topological polar surface area (TPSA) is 53.8 Å². The van der Waals surface area contributed by atoms with Gasteiger partial charge in [-0.2, -0.15) is 0 Å². The van der Waals surface area contributed by atoms with Crippen LogP contribution in [0, 0.1) is 5.82 Å². The van der Waals surface area contributed by atoms with Gasteiger partial charge in [-0.25, -0.2) is 4.39 Å². The van der Waals surface area contributed by atoms with Gasteiger partial charge in [0.1, 0.15) is 11.6 Å². The molecule has 1 heterocycles. The molecule has 0 aliphatic carbocycles. The van der Waals surface area contributed by atoms with E-state index in [0.29, 0.717) is 11.3 Å². The van der Waals surface area contributed by atoms with Crippen molar-refractivity contribution in [3.63, 3.8) is 0 Å². The van der Waals surface area contributed by atoms with Gasteiger partial charge in [0, 0.05) is 24.2 Å². The van der Waals surface area contributed by atoms with Crippen molar-refractivity contribution in [3.05, 3.63) is 29.6 Å². The highest BCUT2D eigenvalue weighted by Gasteiger charge is 2.30. The van der Waals surface area contributed by atoms with Gasteiger partial charge in [-0.15, -0.1) is 0 Å². The number of ether oxygens (including phenoxy) is 1. The number of methoxy groups -OCH3 is 1. The molecule has 1 fully saturated rings. The van der Waals surface area contributed by atoms with Gasteiger partial charge in [0.2, 0.25) is 0 Å². The second kappa shape index (κ2) is 7.17. The molecule has 0 saturated carbocycles. The third kappa shape index (κ3) is 3.71. The maximum atomic E-state index is 14.3. The van der Waals surface area contributed by atoms with Crippen LogP contribution in [0.1, 0.15) is 18.0 Å². The minimum absolute atomic E-state index is 0.116. The van der Waals surface area contributed by atoms with Gasteiger partial charge in [0.05, 0.1) is 13.2 Å². The molecule has 0 aromatic heterocycles. The number of likely N-dealkylation sites (N-methyl/N-ethyl adjacent to an activating group) is 2. The van der Waals surface area contributed by atoms with Crippen molar-refractivity contribution in [1.29, 1.82) is 0 Å². The molecule has 1 aromatic carbocycles. The third-order valence-corrected chi connectivity index (χ3v) is 4.22. The van der Waals surface area contributed by atoms with Gasteiger partial charge in [-0.1, -0.05) is 6.07 Å². The molecule has 1 saturated heterocycles.